The highest BCUT2D eigenvalue weighted by Gasteiger charge is 2.32. The molecule has 1 atom stereocenters. The van der Waals surface area contributed by atoms with Crippen molar-refractivity contribution in [2.45, 2.75) is 12.3 Å². The Hall–Kier alpha value is -3.68. The molecule has 1 aliphatic heterocycles. The van der Waals surface area contributed by atoms with Gasteiger partial charge in [-0.2, -0.15) is 0 Å². The Labute approximate surface area is 174 Å². The molecular weight excluding hydrogens is 386 g/mol. The molecule has 0 bridgehead atoms. The molecular formula is C22H23N3O5. The number of benzene rings is 2. The Kier molecular flexibility index (Phi) is 5.22. The second-order valence-corrected chi connectivity index (χ2v) is 6.81. The van der Waals surface area contributed by atoms with E-state index in [9.17, 15) is 4.79 Å². The van der Waals surface area contributed by atoms with Crippen molar-refractivity contribution in [1.82, 2.24) is 9.55 Å². The number of fused-ring (bicyclic) bond motifs is 1. The zero-order chi connectivity index (χ0) is 21.3. The SMILES string of the molecule is COc1cccc(-n2cnc3c2[C@H](c2cc(OC)c(OC)c(OC)c2)CC(=O)N3)c1. The molecule has 2 aromatic carbocycles. The van der Waals surface area contributed by atoms with Gasteiger partial charge >= 0.3 is 0 Å². The summed E-state index contributed by atoms with van der Waals surface area (Å²) in [6.45, 7) is 0. The third-order valence-corrected chi connectivity index (χ3v) is 5.20. The van der Waals surface area contributed by atoms with Gasteiger partial charge in [-0.05, 0) is 29.8 Å². The minimum absolute atomic E-state index is 0.0999. The van der Waals surface area contributed by atoms with Crippen LogP contribution in [0, 0.1) is 0 Å². The lowest BCUT2D eigenvalue weighted by molar-refractivity contribution is -0.116. The van der Waals surface area contributed by atoms with Gasteiger partial charge < -0.3 is 28.8 Å². The smallest absolute Gasteiger partial charge is 0.226 e. The first-order valence-electron chi connectivity index (χ1n) is 9.41. The number of aromatic nitrogens is 2. The molecule has 0 saturated carbocycles. The molecule has 8 heteroatoms. The molecule has 0 unspecified atom stereocenters. The highest BCUT2D eigenvalue weighted by atomic mass is 16.5. The highest BCUT2D eigenvalue weighted by Crippen LogP contribution is 2.44. The van der Waals surface area contributed by atoms with E-state index in [-0.39, 0.29) is 18.2 Å². The van der Waals surface area contributed by atoms with Gasteiger partial charge in [0.15, 0.2) is 17.3 Å². The molecule has 0 radical (unpaired) electrons. The van der Waals surface area contributed by atoms with Crippen LogP contribution in [0.3, 0.4) is 0 Å². The van der Waals surface area contributed by atoms with E-state index in [0.29, 0.717) is 23.1 Å². The number of ether oxygens (including phenoxy) is 4. The van der Waals surface area contributed by atoms with Gasteiger partial charge in [0, 0.05) is 18.4 Å². The average molecular weight is 409 g/mol. The van der Waals surface area contributed by atoms with E-state index >= 15 is 0 Å². The maximum Gasteiger partial charge on any atom is 0.226 e. The average Bonchev–Trinajstić information content (AvgIpc) is 3.21. The topological polar surface area (TPSA) is 83.8 Å². The zero-order valence-corrected chi connectivity index (χ0v) is 17.3. The van der Waals surface area contributed by atoms with Crippen molar-refractivity contribution < 1.29 is 23.7 Å². The lowest BCUT2D eigenvalue weighted by Gasteiger charge is -2.26. The van der Waals surface area contributed by atoms with E-state index in [4.69, 9.17) is 18.9 Å². The normalized spacial score (nSPS) is 15.2. The monoisotopic (exact) mass is 409 g/mol. The molecule has 1 N–H and O–H groups in total. The summed E-state index contributed by atoms with van der Waals surface area (Å²) in [5.74, 6) is 2.49. The largest absolute Gasteiger partial charge is 0.497 e. The molecule has 8 nitrogen and oxygen atoms in total. The molecule has 0 aliphatic carbocycles. The molecule has 30 heavy (non-hydrogen) atoms. The first-order valence-corrected chi connectivity index (χ1v) is 9.41. The second kappa shape index (κ2) is 7.98. The van der Waals surface area contributed by atoms with Crippen molar-refractivity contribution >= 4 is 11.7 Å². The molecule has 156 valence electrons. The molecule has 2 heterocycles. The highest BCUT2D eigenvalue weighted by molar-refractivity contribution is 5.94. The number of carbonyl (C=O) groups is 1. The fourth-order valence-corrected chi connectivity index (χ4v) is 3.80. The number of amides is 1. The number of hydrogen-bond acceptors (Lipinski definition) is 6. The van der Waals surface area contributed by atoms with E-state index in [0.717, 1.165) is 22.7 Å². The van der Waals surface area contributed by atoms with Crippen LogP contribution in [0.2, 0.25) is 0 Å². The van der Waals surface area contributed by atoms with Crippen LogP contribution in [0.25, 0.3) is 5.69 Å². The van der Waals surface area contributed by atoms with Crippen LogP contribution in [0.5, 0.6) is 23.0 Å². The maximum atomic E-state index is 12.4. The Balaban J connectivity index is 1.88. The zero-order valence-electron chi connectivity index (χ0n) is 17.3. The van der Waals surface area contributed by atoms with Crippen molar-refractivity contribution in [3.05, 3.63) is 54.0 Å². The van der Waals surface area contributed by atoms with Crippen molar-refractivity contribution in [1.29, 1.82) is 0 Å². The van der Waals surface area contributed by atoms with Crippen LogP contribution in [0.1, 0.15) is 23.6 Å². The fraction of sp³-hybridized carbons (Fsp3) is 0.273. The van der Waals surface area contributed by atoms with Crippen LogP contribution >= 0.6 is 0 Å². The second-order valence-electron chi connectivity index (χ2n) is 6.81. The van der Waals surface area contributed by atoms with Crippen LogP contribution in [0.15, 0.2) is 42.7 Å². The van der Waals surface area contributed by atoms with Gasteiger partial charge in [-0.25, -0.2) is 4.98 Å². The van der Waals surface area contributed by atoms with E-state index < -0.39 is 0 Å². The number of anilines is 1. The molecule has 0 saturated heterocycles. The van der Waals surface area contributed by atoms with Crippen LogP contribution in [-0.4, -0.2) is 43.9 Å². The van der Waals surface area contributed by atoms with Gasteiger partial charge in [0.25, 0.3) is 0 Å². The standard InChI is InChI=1S/C22H23N3O5/c1-27-15-7-5-6-14(10-15)25-12-23-22-20(25)16(11-19(26)24-22)13-8-17(28-2)21(30-4)18(9-13)29-3/h5-10,12,16H,11H2,1-4H3,(H,24,26)/t16-/m0/s1. The van der Waals surface area contributed by atoms with Crippen molar-refractivity contribution in [3.8, 4) is 28.7 Å². The number of hydrogen-bond donors (Lipinski definition) is 1. The van der Waals surface area contributed by atoms with Gasteiger partial charge in [-0.1, -0.05) is 6.07 Å². The van der Waals surface area contributed by atoms with E-state index in [1.807, 2.05) is 41.0 Å². The molecule has 1 aliphatic rings. The van der Waals surface area contributed by atoms with Crippen molar-refractivity contribution in [2.24, 2.45) is 0 Å². The summed E-state index contributed by atoms with van der Waals surface area (Å²) in [4.78, 5) is 16.9. The van der Waals surface area contributed by atoms with E-state index in [1.165, 1.54) is 0 Å². The summed E-state index contributed by atoms with van der Waals surface area (Å²) < 4.78 is 23.8. The summed E-state index contributed by atoms with van der Waals surface area (Å²) in [7, 11) is 6.33. The Morgan fingerprint density at radius 3 is 2.37 bits per heavy atom. The summed E-state index contributed by atoms with van der Waals surface area (Å²) >= 11 is 0. The number of carbonyl (C=O) groups excluding carboxylic acids is 1. The van der Waals surface area contributed by atoms with Gasteiger partial charge in [-0.15, -0.1) is 0 Å². The maximum absolute atomic E-state index is 12.4. The van der Waals surface area contributed by atoms with Gasteiger partial charge in [0.1, 0.15) is 12.1 Å². The Morgan fingerprint density at radius 1 is 1.00 bits per heavy atom. The number of nitrogens with zero attached hydrogens (tertiary/aromatic N) is 2. The van der Waals surface area contributed by atoms with Crippen LogP contribution < -0.4 is 24.3 Å². The summed E-state index contributed by atoms with van der Waals surface area (Å²) in [6, 6.07) is 11.4. The number of rotatable bonds is 6. The molecule has 0 spiro atoms. The predicted octanol–water partition coefficient (Wildman–Crippen LogP) is 3.38. The molecule has 1 aromatic heterocycles. The molecule has 0 fully saturated rings. The Bertz CT molecular complexity index is 1070. The summed E-state index contributed by atoms with van der Waals surface area (Å²) in [5, 5.41) is 2.87. The quantitative estimate of drug-likeness (QED) is 0.672. The first-order chi connectivity index (χ1) is 14.6. The van der Waals surface area contributed by atoms with Gasteiger partial charge in [0.2, 0.25) is 11.7 Å². The fourth-order valence-electron chi connectivity index (χ4n) is 3.80. The predicted molar refractivity (Wildman–Crippen MR) is 111 cm³/mol. The number of methoxy groups -OCH3 is 4. The minimum atomic E-state index is -0.254. The van der Waals surface area contributed by atoms with E-state index in [1.54, 1.807) is 34.8 Å². The summed E-state index contributed by atoms with van der Waals surface area (Å²) in [6.07, 6.45) is 1.97. The third-order valence-electron chi connectivity index (χ3n) is 5.20. The number of imidazole rings is 1. The minimum Gasteiger partial charge on any atom is -0.497 e. The van der Waals surface area contributed by atoms with Gasteiger partial charge in [-0.3, -0.25) is 4.79 Å². The first kappa shape index (κ1) is 19.6. The molecule has 1 amide bonds. The lowest BCUT2D eigenvalue weighted by atomic mass is 9.89. The van der Waals surface area contributed by atoms with Crippen molar-refractivity contribution in [2.75, 3.05) is 33.8 Å². The molecule has 4 rings (SSSR count). The van der Waals surface area contributed by atoms with Crippen molar-refractivity contribution in [3.63, 3.8) is 0 Å². The van der Waals surface area contributed by atoms with Crippen LogP contribution in [-0.2, 0) is 4.79 Å². The lowest BCUT2D eigenvalue weighted by Crippen LogP contribution is -2.25. The molecule has 3 aromatic rings. The van der Waals surface area contributed by atoms with Crippen LogP contribution in [0.4, 0.5) is 5.82 Å². The summed E-state index contributed by atoms with van der Waals surface area (Å²) in [5.41, 5.74) is 2.62. The third kappa shape index (κ3) is 3.30. The van der Waals surface area contributed by atoms with Gasteiger partial charge in [0.05, 0.1) is 39.8 Å². The van der Waals surface area contributed by atoms with E-state index in [2.05, 4.69) is 10.3 Å². The number of nitrogens with one attached hydrogen (secondary N) is 1. The Morgan fingerprint density at radius 2 is 1.73 bits per heavy atom.